The molecule has 1 aliphatic heterocycles. The summed E-state index contributed by atoms with van der Waals surface area (Å²) in [5, 5.41) is 3.82. The Morgan fingerprint density at radius 3 is 2.29 bits per heavy atom. The van der Waals surface area contributed by atoms with Gasteiger partial charge in [0.15, 0.2) is 0 Å². The van der Waals surface area contributed by atoms with Crippen LogP contribution in [-0.4, -0.2) is 24.7 Å². The summed E-state index contributed by atoms with van der Waals surface area (Å²) in [5.74, 6) is 0. The van der Waals surface area contributed by atoms with E-state index in [1.54, 1.807) is 0 Å². The third-order valence-corrected chi connectivity index (χ3v) is 5.26. The Bertz CT molecular complexity index is 420. The highest BCUT2D eigenvalue weighted by Gasteiger charge is 2.36. The van der Waals surface area contributed by atoms with Crippen molar-refractivity contribution in [1.82, 2.24) is 5.32 Å². The van der Waals surface area contributed by atoms with Crippen LogP contribution in [0.15, 0.2) is 24.3 Å². The molecule has 1 aliphatic rings. The second kappa shape index (κ2) is 7.31. The van der Waals surface area contributed by atoms with Crippen molar-refractivity contribution in [3.63, 3.8) is 0 Å². The van der Waals surface area contributed by atoms with Gasteiger partial charge in [0.1, 0.15) is 0 Å². The van der Waals surface area contributed by atoms with E-state index in [-0.39, 0.29) is 5.54 Å². The van der Waals surface area contributed by atoms with E-state index in [1.807, 2.05) is 0 Å². The summed E-state index contributed by atoms with van der Waals surface area (Å²) in [6.07, 6.45) is 6.01. The largest absolute Gasteiger partial charge is 0.365 e. The maximum absolute atomic E-state index is 3.82. The zero-order chi connectivity index (χ0) is 15.3. The topological polar surface area (TPSA) is 15.3 Å². The molecule has 0 radical (unpaired) electrons. The molecule has 0 aromatic heterocycles. The fourth-order valence-electron chi connectivity index (χ4n) is 3.49. The first-order valence-electron chi connectivity index (χ1n) is 8.78. The van der Waals surface area contributed by atoms with Crippen molar-refractivity contribution >= 4 is 5.69 Å². The van der Waals surface area contributed by atoms with Crippen LogP contribution in [0.1, 0.15) is 58.9 Å². The number of piperazine rings is 1. The lowest BCUT2D eigenvalue weighted by Gasteiger charge is -2.48. The first-order chi connectivity index (χ1) is 10.2. The van der Waals surface area contributed by atoms with E-state index in [2.05, 4.69) is 62.2 Å². The second-order valence-corrected chi connectivity index (χ2v) is 6.47. The number of hydrogen-bond donors (Lipinski definition) is 1. The normalized spacial score (nSPS) is 21.5. The molecule has 118 valence electrons. The lowest BCUT2D eigenvalue weighted by molar-refractivity contribution is 0.246. The predicted molar refractivity (Wildman–Crippen MR) is 93.2 cm³/mol. The molecule has 0 spiro atoms. The van der Waals surface area contributed by atoms with Crippen molar-refractivity contribution in [2.45, 2.75) is 71.4 Å². The molecule has 1 aromatic carbocycles. The van der Waals surface area contributed by atoms with Gasteiger partial charge in [-0.1, -0.05) is 46.2 Å². The van der Waals surface area contributed by atoms with Crippen LogP contribution < -0.4 is 10.2 Å². The summed E-state index contributed by atoms with van der Waals surface area (Å²) in [5.41, 5.74) is 3.14. The van der Waals surface area contributed by atoms with Crippen LogP contribution in [0, 0.1) is 0 Å². The summed E-state index contributed by atoms with van der Waals surface area (Å²) < 4.78 is 0. The molecule has 2 heteroatoms. The molecule has 1 atom stereocenters. The van der Waals surface area contributed by atoms with E-state index >= 15 is 0 Å². The van der Waals surface area contributed by atoms with Crippen molar-refractivity contribution in [2.24, 2.45) is 0 Å². The number of nitrogens with zero attached hydrogens (tertiary/aromatic N) is 1. The first-order valence-corrected chi connectivity index (χ1v) is 8.78. The van der Waals surface area contributed by atoms with Crippen LogP contribution in [-0.2, 0) is 6.42 Å². The molecule has 1 aromatic rings. The van der Waals surface area contributed by atoms with Gasteiger partial charge in [-0.3, -0.25) is 0 Å². The van der Waals surface area contributed by atoms with E-state index in [0.717, 1.165) is 13.1 Å². The van der Waals surface area contributed by atoms with Crippen LogP contribution >= 0.6 is 0 Å². The Balaban J connectivity index is 2.20. The Kier molecular flexibility index (Phi) is 5.69. The Hall–Kier alpha value is -1.02. The van der Waals surface area contributed by atoms with E-state index < -0.39 is 0 Å². The van der Waals surface area contributed by atoms with Crippen LogP contribution in [0.3, 0.4) is 0 Å². The van der Waals surface area contributed by atoms with Crippen LogP contribution in [0.4, 0.5) is 5.69 Å². The van der Waals surface area contributed by atoms with Gasteiger partial charge < -0.3 is 10.2 Å². The van der Waals surface area contributed by atoms with Crippen molar-refractivity contribution in [3.05, 3.63) is 29.8 Å². The van der Waals surface area contributed by atoms with Gasteiger partial charge in [-0.25, -0.2) is 0 Å². The highest BCUT2D eigenvalue weighted by atomic mass is 15.3. The van der Waals surface area contributed by atoms with E-state index in [4.69, 9.17) is 0 Å². The number of rotatable bonds is 6. The average Bonchev–Trinajstić information content (AvgIpc) is 2.55. The smallest absolute Gasteiger partial charge is 0.0412 e. The molecule has 0 aliphatic carbocycles. The lowest BCUT2D eigenvalue weighted by atomic mass is 9.87. The third kappa shape index (κ3) is 3.60. The maximum Gasteiger partial charge on any atom is 0.0412 e. The average molecular weight is 288 g/mol. The van der Waals surface area contributed by atoms with E-state index in [1.165, 1.54) is 43.4 Å². The molecule has 1 unspecified atom stereocenters. The number of hydrogen-bond acceptors (Lipinski definition) is 2. The lowest BCUT2D eigenvalue weighted by Crippen LogP contribution is -2.64. The van der Waals surface area contributed by atoms with Gasteiger partial charge in [-0.05, 0) is 43.4 Å². The molecule has 21 heavy (non-hydrogen) atoms. The molecule has 1 saturated heterocycles. The van der Waals surface area contributed by atoms with Gasteiger partial charge >= 0.3 is 0 Å². The first kappa shape index (κ1) is 16.4. The summed E-state index contributed by atoms with van der Waals surface area (Å²) in [7, 11) is 0. The molecular weight excluding hydrogens is 256 g/mol. The zero-order valence-electron chi connectivity index (χ0n) is 14.3. The quantitative estimate of drug-likeness (QED) is 0.835. The highest BCUT2D eigenvalue weighted by molar-refractivity contribution is 5.50. The standard InChI is InChI=1S/C19H32N2/c1-5-9-16-10-12-18(13-11-16)21-15-19(7-3,8-4)20-14-17(21)6-2/h10-13,17,20H,5-9,14-15H2,1-4H3. The number of nitrogens with one attached hydrogen (secondary N) is 1. The van der Waals surface area contributed by atoms with Gasteiger partial charge in [-0.15, -0.1) is 0 Å². The molecule has 1 fully saturated rings. The van der Waals surface area contributed by atoms with Gasteiger partial charge in [0, 0.05) is 30.4 Å². The monoisotopic (exact) mass is 288 g/mol. The third-order valence-electron chi connectivity index (χ3n) is 5.26. The summed E-state index contributed by atoms with van der Waals surface area (Å²) in [4.78, 5) is 2.64. The second-order valence-electron chi connectivity index (χ2n) is 6.47. The van der Waals surface area contributed by atoms with Gasteiger partial charge in [0.25, 0.3) is 0 Å². The maximum atomic E-state index is 3.82. The van der Waals surface area contributed by atoms with Crippen LogP contribution in [0.2, 0.25) is 0 Å². The molecule has 2 nitrogen and oxygen atoms in total. The fourth-order valence-corrected chi connectivity index (χ4v) is 3.49. The number of benzene rings is 1. The Morgan fingerprint density at radius 2 is 1.76 bits per heavy atom. The molecule has 0 saturated carbocycles. The molecule has 0 amide bonds. The predicted octanol–water partition coefficient (Wildman–Crippen LogP) is 4.39. The molecule has 2 rings (SSSR count). The Labute approximate surface area is 130 Å². The van der Waals surface area contributed by atoms with Crippen molar-refractivity contribution < 1.29 is 0 Å². The van der Waals surface area contributed by atoms with Gasteiger partial charge in [0.2, 0.25) is 0 Å². The Morgan fingerprint density at radius 1 is 1.10 bits per heavy atom. The van der Waals surface area contributed by atoms with Crippen molar-refractivity contribution in [1.29, 1.82) is 0 Å². The highest BCUT2D eigenvalue weighted by Crippen LogP contribution is 2.29. The minimum atomic E-state index is 0.285. The van der Waals surface area contributed by atoms with E-state index in [9.17, 15) is 0 Å². The summed E-state index contributed by atoms with van der Waals surface area (Å²) in [6, 6.07) is 9.90. The van der Waals surface area contributed by atoms with Crippen molar-refractivity contribution in [2.75, 3.05) is 18.0 Å². The molecule has 1 N–H and O–H groups in total. The molecule has 1 heterocycles. The van der Waals surface area contributed by atoms with Crippen LogP contribution in [0.5, 0.6) is 0 Å². The van der Waals surface area contributed by atoms with Gasteiger partial charge in [-0.2, -0.15) is 0 Å². The number of aryl methyl sites for hydroxylation is 1. The minimum Gasteiger partial charge on any atom is -0.365 e. The van der Waals surface area contributed by atoms with Gasteiger partial charge in [0.05, 0.1) is 0 Å². The summed E-state index contributed by atoms with van der Waals surface area (Å²) in [6.45, 7) is 11.4. The van der Waals surface area contributed by atoms with Crippen molar-refractivity contribution in [3.8, 4) is 0 Å². The van der Waals surface area contributed by atoms with Crippen LogP contribution in [0.25, 0.3) is 0 Å². The summed E-state index contributed by atoms with van der Waals surface area (Å²) >= 11 is 0. The SMILES string of the molecule is CCCc1ccc(N2CC(CC)(CC)NCC2CC)cc1. The minimum absolute atomic E-state index is 0.285. The van der Waals surface area contributed by atoms with E-state index in [0.29, 0.717) is 6.04 Å². The number of anilines is 1. The molecule has 0 bridgehead atoms. The zero-order valence-corrected chi connectivity index (χ0v) is 14.3. The molecular formula is C19H32N2. The fraction of sp³-hybridized carbons (Fsp3) is 0.684.